The molecule has 0 radical (unpaired) electrons. The maximum absolute atomic E-state index is 6.05. The molecule has 0 spiro atoms. The van der Waals surface area contributed by atoms with Gasteiger partial charge in [0.05, 0.1) is 6.54 Å². The third kappa shape index (κ3) is 2.56. The number of nitrogens with two attached hydrogens (primary N) is 1. The molecule has 1 rings (SSSR count). The SMILES string of the molecule is Cc1ccnn1CC(N)C(C)(C)C. The van der Waals surface area contributed by atoms with E-state index in [9.17, 15) is 0 Å². The van der Waals surface area contributed by atoms with Gasteiger partial charge in [0.25, 0.3) is 0 Å². The number of aryl methyl sites for hydroxylation is 1. The molecule has 0 aliphatic rings. The molecule has 0 aliphatic heterocycles. The highest BCUT2D eigenvalue weighted by atomic mass is 15.3. The molecule has 0 saturated carbocycles. The standard InChI is InChI=1S/C10H19N3/c1-8-5-6-12-13(8)7-9(11)10(2,3)4/h5-6,9H,7,11H2,1-4H3. The topological polar surface area (TPSA) is 43.8 Å². The van der Waals surface area contributed by atoms with Gasteiger partial charge in [-0.1, -0.05) is 20.8 Å². The van der Waals surface area contributed by atoms with Crippen LogP contribution in [0, 0.1) is 12.3 Å². The van der Waals surface area contributed by atoms with E-state index in [-0.39, 0.29) is 11.5 Å². The Hall–Kier alpha value is -0.830. The summed E-state index contributed by atoms with van der Waals surface area (Å²) in [4.78, 5) is 0. The van der Waals surface area contributed by atoms with Gasteiger partial charge in [0, 0.05) is 17.9 Å². The van der Waals surface area contributed by atoms with Crippen LogP contribution in [0.15, 0.2) is 12.3 Å². The number of hydrogen-bond donors (Lipinski definition) is 1. The monoisotopic (exact) mass is 181 g/mol. The summed E-state index contributed by atoms with van der Waals surface area (Å²) in [6, 6.07) is 2.14. The molecular weight excluding hydrogens is 162 g/mol. The van der Waals surface area contributed by atoms with Crippen LogP contribution < -0.4 is 5.73 Å². The van der Waals surface area contributed by atoms with Crippen LogP contribution in [0.5, 0.6) is 0 Å². The van der Waals surface area contributed by atoms with E-state index < -0.39 is 0 Å². The molecule has 1 atom stereocenters. The van der Waals surface area contributed by atoms with Crippen LogP contribution in [-0.2, 0) is 6.54 Å². The highest BCUT2D eigenvalue weighted by molar-refractivity contribution is 4.97. The molecule has 0 bridgehead atoms. The van der Waals surface area contributed by atoms with E-state index in [1.165, 1.54) is 5.69 Å². The van der Waals surface area contributed by atoms with Crippen molar-refractivity contribution in [3.63, 3.8) is 0 Å². The van der Waals surface area contributed by atoms with Crippen LogP contribution in [-0.4, -0.2) is 15.8 Å². The van der Waals surface area contributed by atoms with Crippen LogP contribution in [0.25, 0.3) is 0 Å². The third-order valence-corrected chi connectivity index (χ3v) is 2.41. The first-order chi connectivity index (χ1) is 5.91. The van der Waals surface area contributed by atoms with Crippen molar-refractivity contribution in [3.8, 4) is 0 Å². The molecule has 3 heteroatoms. The maximum atomic E-state index is 6.05. The van der Waals surface area contributed by atoms with Gasteiger partial charge in [-0.15, -0.1) is 0 Å². The second-order valence-corrected chi connectivity index (χ2v) is 4.63. The van der Waals surface area contributed by atoms with Gasteiger partial charge >= 0.3 is 0 Å². The Kier molecular flexibility index (Phi) is 2.76. The lowest BCUT2D eigenvalue weighted by atomic mass is 9.87. The highest BCUT2D eigenvalue weighted by Gasteiger charge is 2.21. The van der Waals surface area contributed by atoms with Crippen LogP contribution in [0.1, 0.15) is 26.5 Å². The van der Waals surface area contributed by atoms with Crippen molar-refractivity contribution in [2.24, 2.45) is 11.1 Å². The lowest BCUT2D eigenvalue weighted by Crippen LogP contribution is -2.39. The second-order valence-electron chi connectivity index (χ2n) is 4.63. The van der Waals surface area contributed by atoms with E-state index in [1.54, 1.807) is 0 Å². The zero-order chi connectivity index (χ0) is 10.1. The van der Waals surface area contributed by atoms with Crippen molar-refractivity contribution in [2.45, 2.75) is 40.3 Å². The number of hydrogen-bond acceptors (Lipinski definition) is 2. The van der Waals surface area contributed by atoms with Crippen molar-refractivity contribution in [2.75, 3.05) is 0 Å². The van der Waals surface area contributed by atoms with Crippen molar-refractivity contribution in [3.05, 3.63) is 18.0 Å². The number of nitrogens with zero attached hydrogens (tertiary/aromatic N) is 2. The van der Waals surface area contributed by atoms with Gasteiger partial charge in [-0.3, -0.25) is 4.68 Å². The van der Waals surface area contributed by atoms with Crippen LogP contribution in [0.3, 0.4) is 0 Å². The van der Waals surface area contributed by atoms with Crippen LogP contribution in [0.2, 0.25) is 0 Å². The first-order valence-electron chi connectivity index (χ1n) is 4.65. The predicted octanol–water partition coefficient (Wildman–Crippen LogP) is 1.56. The first kappa shape index (κ1) is 10.3. The molecule has 0 fully saturated rings. The molecule has 0 aromatic carbocycles. The lowest BCUT2D eigenvalue weighted by molar-refractivity contribution is 0.282. The van der Waals surface area contributed by atoms with Gasteiger partial charge in [0.1, 0.15) is 0 Å². The predicted molar refractivity (Wildman–Crippen MR) is 54.4 cm³/mol. The zero-order valence-electron chi connectivity index (χ0n) is 8.91. The summed E-state index contributed by atoms with van der Waals surface area (Å²) in [5.41, 5.74) is 7.35. The minimum Gasteiger partial charge on any atom is -0.326 e. The molecule has 1 heterocycles. The van der Waals surface area contributed by atoms with Gasteiger partial charge in [0.15, 0.2) is 0 Å². The van der Waals surface area contributed by atoms with Crippen molar-refractivity contribution >= 4 is 0 Å². The molecule has 0 saturated heterocycles. The fourth-order valence-electron chi connectivity index (χ4n) is 1.05. The quantitative estimate of drug-likeness (QED) is 0.752. The Bertz CT molecular complexity index is 270. The highest BCUT2D eigenvalue weighted by Crippen LogP contribution is 2.18. The van der Waals surface area contributed by atoms with E-state index in [4.69, 9.17) is 5.73 Å². The van der Waals surface area contributed by atoms with Gasteiger partial charge in [-0.2, -0.15) is 5.10 Å². The average molecular weight is 181 g/mol. The van der Waals surface area contributed by atoms with Crippen LogP contribution in [0.4, 0.5) is 0 Å². The minimum absolute atomic E-state index is 0.137. The average Bonchev–Trinajstić information content (AvgIpc) is 2.34. The summed E-state index contributed by atoms with van der Waals surface area (Å²) >= 11 is 0. The fraction of sp³-hybridized carbons (Fsp3) is 0.700. The van der Waals surface area contributed by atoms with Crippen molar-refractivity contribution in [1.82, 2.24) is 9.78 Å². The Morgan fingerprint density at radius 2 is 2.15 bits per heavy atom. The molecule has 1 aromatic rings. The van der Waals surface area contributed by atoms with Crippen molar-refractivity contribution < 1.29 is 0 Å². The van der Waals surface area contributed by atoms with Gasteiger partial charge in [0.2, 0.25) is 0 Å². The van der Waals surface area contributed by atoms with Gasteiger partial charge < -0.3 is 5.73 Å². The van der Waals surface area contributed by atoms with E-state index >= 15 is 0 Å². The summed E-state index contributed by atoms with van der Waals surface area (Å²) in [6.07, 6.45) is 1.81. The summed E-state index contributed by atoms with van der Waals surface area (Å²) in [7, 11) is 0. The molecule has 1 unspecified atom stereocenters. The number of aromatic nitrogens is 2. The fourth-order valence-corrected chi connectivity index (χ4v) is 1.05. The van der Waals surface area contributed by atoms with Gasteiger partial charge in [-0.05, 0) is 18.4 Å². The molecule has 3 nitrogen and oxygen atoms in total. The summed E-state index contributed by atoms with van der Waals surface area (Å²) < 4.78 is 1.95. The second kappa shape index (κ2) is 3.50. The van der Waals surface area contributed by atoms with E-state index in [2.05, 4.69) is 25.9 Å². The third-order valence-electron chi connectivity index (χ3n) is 2.41. The Morgan fingerprint density at radius 3 is 2.54 bits per heavy atom. The Labute approximate surface area is 79.9 Å². The normalized spacial score (nSPS) is 14.5. The van der Waals surface area contributed by atoms with E-state index in [0.29, 0.717) is 0 Å². The number of rotatable bonds is 2. The zero-order valence-corrected chi connectivity index (χ0v) is 8.91. The van der Waals surface area contributed by atoms with E-state index in [1.807, 2.05) is 23.9 Å². The van der Waals surface area contributed by atoms with Crippen LogP contribution >= 0.6 is 0 Å². The van der Waals surface area contributed by atoms with Crippen molar-refractivity contribution in [1.29, 1.82) is 0 Å². The lowest BCUT2D eigenvalue weighted by Gasteiger charge is -2.27. The first-order valence-corrected chi connectivity index (χ1v) is 4.65. The Morgan fingerprint density at radius 1 is 1.54 bits per heavy atom. The molecule has 0 amide bonds. The molecule has 74 valence electrons. The summed E-state index contributed by atoms with van der Waals surface area (Å²) in [5.74, 6) is 0. The molecule has 0 aliphatic carbocycles. The maximum Gasteiger partial charge on any atom is 0.0568 e. The summed E-state index contributed by atoms with van der Waals surface area (Å²) in [6.45, 7) is 9.29. The van der Waals surface area contributed by atoms with Gasteiger partial charge in [-0.25, -0.2) is 0 Å². The molecule has 2 N–H and O–H groups in total. The minimum atomic E-state index is 0.137. The Balaban J connectivity index is 2.65. The largest absolute Gasteiger partial charge is 0.326 e. The molecule has 13 heavy (non-hydrogen) atoms. The smallest absolute Gasteiger partial charge is 0.0568 e. The summed E-state index contributed by atoms with van der Waals surface area (Å²) in [5, 5.41) is 4.21. The molecular formula is C10H19N3. The molecule has 1 aromatic heterocycles. The van der Waals surface area contributed by atoms with E-state index in [0.717, 1.165) is 6.54 Å².